The van der Waals surface area contributed by atoms with Gasteiger partial charge in [-0.1, -0.05) is 12.1 Å². The fourth-order valence-electron chi connectivity index (χ4n) is 2.27. The zero-order chi connectivity index (χ0) is 14.0. The van der Waals surface area contributed by atoms with E-state index in [1.165, 1.54) is 4.90 Å². The summed E-state index contributed by atoms with van der Waals surface area (Å²) in [6.45, 7) is 2.02. The van der Waals surface area contributed by atoms with Gasteiger partial charge in [-0.05, 0) is 24.1 Å². The van der Waals surface area contributed by atoms with E-state index in [1.807, 2.05) is 25.1 Å². The molecule has 0 spiro atoms. The lowest BCUT2D eigenvalue weighted by Crippen LogP contribution is -2.34. The van der Waals surface area contributed by atoms with Crippen LogP contribution in [-0.4, -0.2) is 42.2 Å². The summed E-state index contributed by atoms with van der Waals surface area (Å²) >= 11 is 0. The number of ether oxygens (including phenoxy) is 1. The Kier molecular flexibility index (Phi) is 3.59. The van der Waals surface area contributed by atoms with Gasteiger partial charge in [0, 0.05) is 6.54 Å². The van der Waals surface area contributed by atoms with Crippen molar-refractivity contribution in [2.75, 3.05) is 20.2 Å². The van der Waals surface area contributed by atoms with Crippen LogP contribution in [0.15, 0.2) is 18.2 Å². The maximum absolute atomic E-state index is 11.6. The van der Waals surface area contributed by atoms with Gasteiger partial charge in [0.1, 0.15) is 12.3 Å². The van der Waals surface area contributed by atoms with Gasteiger partial charge in [-0.25, -0.2) is 4.79 Å². The molecule has 1 aliphatic rings. The third-order valence-electron chi connectivity index (χ3n) is 3.19. The van der Waals surface area contributed by atoms with Crippen LogP contribution in [0.1, 0.15) is 17.2 Å². The predicted octanol–water partition coefficient (Wildman–Crippen LogP) is 1.15. The van der Waals surface area contributed by atoms with Crippen LogP contribution in [0.2, 0.25) is 0 Å². The minimum atomic E-state index is -1.02. The highest BCUT2D eigenvalue weighted by atomic mass is 16.5. The van der Waals surface area contributed by atoms with Crippen LogP contribution in [0.25, 0.3) is 0 Å². The Morgan fingerprint density at radius 3 is 2.89 bits per heavy atom. The van der Waals surface area contributed by atoms with Gasteiger partial charge in [-0.15, -0.1) is 0 Å². The summed E-state index contributed by atoms with van der Waals surface area (Å²) < 4.78 is 5.18. The summed E-state index contributed by atoms with van der Waals surface area (Å²) in [4.78, 5) is 23.8. The van der Waals surface area contributed by atoms with E-state index in [1.54, 1.807) is 7.11 Å². The number of methoxy groups -OCH3 is 1. The number of carbonyl (C=O) groups is 2. The number of amides is 2. The molecule has 1 heterocycles. The monoisotopic (exact) mass is 264 g/mol. The highest BCUT2D eigenvalue weighted by Gasteiger charge is 2.33. The number of carboxylic acid groups (broad SMARTS) is 1. The Morgan fingerprint density at radius 2 is 2.32 bits per heavy atom. The number of aryl methyl sites for hydroxylation is 1. The van der Waals surface area contributed by atoms with Gasteiger partial charge in [0.05, 0.1) is 13.2 Å². The fraction of sp³-hybridized carbons (Fsp3) is 0.385. The summed E-state index contributed by atoms with van der Waals surface area (Å²) in [5, 5.41) is 11.5. The van der Waals surface area contributed by atoms with Crippen LogP contribution < -0.4 is 10.1 Å². The molecule has 1 saturated heterocycles. The molecule has 102 valence electrons. The molecular formula is C13H16N2O4. The number of hydrogen-bond donors (Lipinski definition) is 2. The lowest BCUT2D eigenvalue weighted by molar-refractivity contribution is -0.137. The Morgan fingerprint density at radius 1 is 1.58 bits per heavy atom. The lowest BCUT2D eigenvalue weighted by Gasteiger charge is -2.22. The average molecular weight is 264 g/mol. The van der Waals surface area contributed by atoms with Gasteiger partial charge in [0.2, 0.25) is 0 Å². The molecule has 1 fully saturated rings. The topological polar surface area (TPSA) is 78.9 Å². The smallest absolute Gasteiger partial charge is 0.323 e. The van der Waals surface area contributed by atoms with Gasteiger partial charge >= 0.3 is 12.0 Å². The van der Waals surface area contributed by atoms with Crippen molar-refractivity contribution >= 4 is 12.0 Å². The van der Waals surface area contributed by atoms with Crippen molar-refractivity contribution in [3.8, 4) is 5.75 Å². The van der Waals surface area contributed by atoms with E-state index in [2.05, 4.69) is 5.32 Å². The van der Waals surface area contributed by atoms with E-state index >= 15 is 0 Å². The number of carbonyl (C=O) groups excluding carboxylic acids is 1. The normalized spacial score (nSPS) is 18.3. The summed E-state index contributed by atoms with van der Waals surface area (Å²) in [5.41, 5.74) is 1.85. The van der Waals surface area contributed by atoms with Gasteiger partial charge in [0.25, 0.3) is 0 Å². The first-order valence-corrected chi connectivity index (χ1v) is 5.93. The highest BCUT2D eigenvalue weighted by Crippen LogP contribution is 2.28. The van der Waals surface area contributed by atoms with Crippen molar-refractivity contribution in [1.82, 2.24) is 10.2 Å². The molecule has 0 radical (unpaired) electrons. The molecule has 0 aliphatic carbocycles. The zero-order valence-electron chi connectivity index (χ0n) is 10.8. The molecular weight excluding hydrogens is 248 g/mol. The van der Waals surface area contributed by atoms with Gasteiger partial charge < -0.3 is 20.1 Å². The van der Waals surface area contributed by atoms with Crippen LogP contribution in [0.3, 0.4) is 0 Å². The maximum atomic E-state index is 11.6. The van der Waals surface area contributed by atoms with Crippen LogP contribution in [0, 0.1) is 6.92 Å². The van der Waals surface area contributed by atoms with Crippen LogP contribution >= 0.6 is 0 Å². The van der Waals surface area contributed by atoms with Crippen molar-refractivity contribution < 1.29 is 19.4 Å². The van der Waals surface area contributed by atoms with E-state index in [0.29, 0.717) is 6.54 Å². The second-order valence-electron chi connectivity index (χ2n) is 4.45. The number of benzene rings is 1. The third kappa shape index (κ3) is 2.62. The summed E-state index contributed by atoms with van der Waals surface area (Å²) in [5.74, 6) is -0.252. The Balaban J connectivity index is 2.27. The van der Waals surface area contributed by atoms with Crippen molar-refractivity contribution in [3.05, 3.63) is 29.3 Å². The molecule has 0 saturated carbocycles. The quantitative estimate of drug-likeness (QED) is 0.855. The van der Waals surface area contributed by atoms with E-state index in [-0.39, 0.29) is 18.6 Å². The number of rotatable bonds is 4. The number of nitrogens with zero attached hydrogens (tertiary/aromatic N) is 1. The first-order valence-electron chi connectivity index (χ1n) is 5.93. The second kappa shape index (κ2) is 5.17. The van der Waals surface area contributed by atoms with Crippen LogP contribution in [0.4, 0.5) is 4.79 Å². The minimum absolute atomic E-state index is 0.256. The molecule has 1 aromatic rings. The van der Waals surface area contributed by atoms with Gasteiger partial charge in [-0.2, -0.15) is 0 Å². The van der Waals surface area contributed by atoms with Crippen LogP contribution in [-0.2, 0) is 4.79 Å². The molecule has 6 nitrogen and oxygen atoms in total. The number of carboxylic acids is 1. The summed E-state index contributed by atoms with van der Waals surface area (Å²) in [6.07, 6.45) is 0. The molecule has 1 aromatic carbocycles. The maximum Gasteiger partial charge on any atom is 0.323 e. The minimum Gasteiger partial charge on any atom is -0.496 e. The van der Waals surface area contributed by atoms with Gasteiger partial charge in [0.15, 0.2) is 0 Å². The largest absolute Gasteiger partial charge is 0.496 e. The molecule has 19 heavy (non-hydrogen) atoms. The number of nitrogens with one attached hydrogen (secondary N) is 1. The van der Waals surface area contributed by atoms with Gasteiger partial charge in [-0.3, -0.25) is 4.79 Å². The molecule has 6 heteroatoms. The molecule has 1 atom stereocenters. The second-order valence-corrected chi connectivity index (χ2v) is 4.45. The molecule has 0 bridgehead atoms. The molecule has 2 N–H and O–H groups in total. The summed E-state index contributed by atoms with van der Waals surface area (Å²) in [7, 11) is 1.60. The average Bonchev–Trinajstić information content (AvgIpc) is 2.70. The van der Waals surface area contributed by atoms with E-state index in [9.17, 15) is 9.59 Å². The SMILES string of the molecule is COc1ccc(C2CNC(=O)N2CC(=O)O)cc1C. The number of hydrogen-bond acceptors (Lipinski definition) is 3. The molecule has 1 aliphatic heterocycles. The standard InChI is InChI=1S/C13H16N2O4/c1-8-5-9(3-4-11(8)19-2)10-6-14-13(18)15(10)7-12(16)17/h3-5,10H,6-7H2,1-2H3,(H,14,18)(H,16,17). The molecule has 0 aromatic heterocycles. The lowest BCUT2D eigenvalue weighted by atomic mass is 10.0. The fourth-order valence-corrected chi connectivity index (χ4v) is 2.27. The number of aliphatic carboxylic acids is 1. The summed E-state index contributed by atoms with van der Waals surface area (Å²) in [6, 6.07) is 4.99. The van der Waals surface area contributed by atoms with E-state index in [4.69, 9.17) is 9.84 Å². The Labute approximate surface area is 111 Å². The number of urea groups is 1. The van der Waals surface area contributed by atoms with Crippen LogP contribution in [0.5, 0.6) is 5.75 Å². The Bertz CT molecular complexity index is 515. The molecule has 2 amide bonds. The van der Waals surface area contributed by atoms with Crippen molar-refractivity contribution in [2.45, 2.75) is 13.0 Å². The Hall–Kier alpha value is -2.24. The van der Waals surface area contributed by atoms with Crippen molar-refractivity contribution in [1.29, 1.82) is 0 Å². The highest BCUT2D eigenvalue weighted by molar-refractivity contribution is 5.82. The zero-order valence-corrected chi connectivity index (χ0v) is 10.8. The third-order valence-corrected chi connectivity index (χ3v) is 3.19. The predicted molar refractivity (Wildman–Crippen MR) is 68.2 cm³/mol. The van der Waals surface area contributed by atoms with E-state index in [0.717, 1.165) is 16.9 Å². The van der Waals surface area contributed by atoms with Crippen molar-refractivity contribution in [3.63, 3.8) is 0 Å². The van der Waals surface area contributed by atoms with Crippen molar-refractivity contribution in [2.24, 2.45) is 0 Å². The van der Waals surface area contributed by atoms with E-state index < -0.39 is 5.97 Å². The molecule has 1 unspecified atom stereocenters. The molecule has 2 rings (SSSR count). The first kappa shape index (κ1) is 13.2. The first-order chi connectivity index (χ1) is 9.02.